The first-order valence-corrected chi connectivity index (χ1v) is 9.09. The fourth-order valence-corrected chi connectivity index (χ4v) is 2.54. The van der Waals surface area contributed by atoms with E-state index in [4.69, 9.17) is 20.4 Å². The topological polar surface area (TPSA) is 80.9 Å². The summed E-state index contributed by atoms with van der Waals surface area (Å²) in [5.74, 6) is 0.451. The molecule has 0 aliphatic rings. The van der Waals surface area contributed by atoms with E-state index in [0.717, 1.165) is 20.9 Å². The van der Waals surface area contributed by atoms with Gasteiger partial charge in [-0.05, 0) is 60.0 Å². The van der Waals surface area contributed by atoms with Crippen molar-refractivity contribution in [3.63, 3.8) is 0 Å². The van der Waals surface area contributed by atoms with E-state index in [0.29, 0.717) is 6.42 Å². The standard InChI is InChI=1S/C8H10O2.C7H8O2.C6H6S2/c9-5-4-7-2-1-3-8(10)6-7;8-5-6-2-1-3-7(9)4-6;7-5-2-1-3-6(8)4-5/h1-3,6,9-10H,4-5H2;1-4,8-9H,5H2;1-4,7-8H. The van der Waals surface area contributed by atoms with Crippen LogP contribution in [0.1, 0.15) is 11.1 Å². The third-order valence-electron chi connectivity index (χ3n) is 3.23. The van der Waals surface area contributed by atoms with Gasteiger partial charge in [0.15, 0.2) is 0 Å². The molecule has 0 saturated carbocycles. The van der Waals surface area contributed by atoms with Crippen molar-refractivity contribution >= 4 is 25.3 Å². The summed E-state index contributed by atoms with van der Waals surface area (Å²) in [5.41, 5.74) is 1.69. The molecule has 0 atom stereocenters. The molecule has 0 radical (unpaired) electrons. The van der Waals surface area contributed by atoms with Gasteiger partial charge in [0.25, 0.3) is 0 Å². The summed E-state index contributed by atoms with van der Waals surface area (Å²) in [5, 5.41) is 34.9. The Morgan fingerprint density at radius 3 is 1.48 bits per heavy atom. The maximum Gasteiger partial charge on any atom is 0.115 e. The molecule has 3 aromatic carbocycles. The van der Waals surface area contributed by atoms with Gasteiger partial charge in [0.05, 0.1) is 6.61 Å². The molecule has 3 aromatic rings. The molecule has 0 aliphatic heterocycles. The number of phenolic OH excluding ortho intramolecular Hbond substituents is 2. The Kier molecular flexibility index (Phi) is 11.1. The molecular weight excluding hydrogens is 380 g/mol. The van der Waals surface area contributed by atoms with Gasteiger partial charge in [-0.25, -0.2) is 0 Å². The first kappa shape index (κ1) is 22.9. The van der Waals surface area contributed by atoms with Crippen molar-refractivity contribution in [2.45, 2.75) is 22.8 Å². The number of aliphatic hydroxyl groups excluding tert-OH is 2. The molecule has 0 amide bonds. The number of aliphatic hydroxyl groups is 2. The van der Waals surface area contributed by atoms with Crippen LogP contribution in [0.2, 0.25) is 0 Å². The number of thiol groups is 2. The highest BCUT2D eigenvalue weighted by molar-refractivity contribution is 7.81. The molecular formula is C21H24O4S2. The minimum atomic E-state index is -0.0194. The highest BCUT2D eigenvalue weighted by atomic mass is 32.1. The number of phenols is 2. The van der Waals surface area contributed by atoms with E-state index in [2.05, 4.69) is 25.3 Å². The summed E-state index contributed by atoms with van der Waals surface area (Å²) in [6.45, 7) is 0.109. The zero-order chi connectivity index (χ0) is 20.1. The molecule has 144 valence electrons. The van der Waals surface area contributed by atoms with Gasteiger partial charge < -0.3 is 20.4 Å². The second-order valence-corrected chi connectivity index (χ2v) is 6.52. The van der Waals surface area contributed by atoms with Crippen LogP contribution in [-0.4, -0.2) is 27.0 Å². The van der Waals surface area contributed by atoms with Gasteiger partial charge in [-0.1, -0.05) is 30.3 Å². The van der Waals surface area contributed by atoms with Crippen LogP contribution in [0.4, 0.5) is 0 Å². The van der Waals surface area contributed by atoms with Gasteiger partial charge in [-0.2, -0.15) is 0 Å². The third-order valence-corrected chi connectivity index (χ3v) is 3.79. The van der Waals surface area contributed by atoms with Crippen LogP contribution in [-0.2, 0) is 13.0 Å². The Bertz CT molecular complexity index is 792. The van der Waals surface area contributed by atoms with E-state index in [1.165, 1.54) is 6.07 Å². The Labute approximate surface area is 170 Å². The highest BCUT2D eigenvalue weighted by Crippen LogP contribution is 2.11. The second kappa shape index (κ2) is 13.1. The van der Waals surface area contributed by atoms with E-state index in [9.17, 15) is 0 Å². The minimum Gasteiger partial charge on any atom is -0.508 e. The van der Waals surface area contributed by atoms with Crippen molar-refractivity contribution in [2.75, 3.05) is 6.61 Å². The van der Waals surface area contributed by atoms with Gasteiger partial charge in [0.2, 0.25) is 0 Å². The predicted octanol–water partition coefficient (Wildman–Crippen LogP) is 4.08. The molecule has 27 heavy (non-hydrogen) atoms. The van der Waals surface area contributed by atoms with Gasteiger partial charge in [-0.3, -0.25) is 0 Å². The van der Waals surface area contributed by atoms with Crippen LogP contribution in [0.25, 0.3) is 0 Å². The molecule has 0 heterocycles. The lowest BCUT2D eigenvalue weighted by Gasteiger charge is -1.96. The Balaban J connectivity index is 0.000000204. The largest absolute Gasteiger partial charge is 0.508 e. The molecule has 0 aromatic heterocycles. The molecule has 0 saturated heterocycles. The minimum absolute atomic E-state index is 0.0194. The summed E-state index contributed by atoms with van der Waals surface area (Å²) < 4.78 is 0. The van der Waals surface area contributed by atoms with Gasteiger partial charge in [-0.15, -0.1) is 25.3 Å². The fraction of sp³-hybridized carbons (Fsp3) is 0.143. The predicted molar refractivity (Wildman–Crippen MR) is 114 cm³/mol. The number of benzene rings is 3. The van der Waals surface area contributed by atoms with Crippen molar-refractivity contribution in [3.05, 3.63) is 83.9 Å². The smallest absolute Gasteiger partial charge is 0.115 e. The lowest BCUT2D eigenvalue weighted by atomic mass is 10.1. The average Bonchev–Trinajstić information content (AvgIpc) is 2.63. The van der Waals surface area contributed by atoms with Crippen LogP contribution in [0, 0.1) is 0 Å². The van der Waals surface area contributed by atoms with Crippen molar-refractivity contribution in [1.29, 1.82) is 0 Å². The fourth-order valence-electron chi connectivity index (χ4n) is 1.99. The Morgan fingerprint density at radius 1 is 0.630 bits per heavy atom. The maximum absolute atomic E-state index is 8.96. The van der Waals surface area contributed by atoms with Crippen LogP contribution in [0.5, 0.6) is 11.5 Å². The van der Waals surface area contributed by atoms with Crippen molar-refractivity contribution in [1.82, 2.24) is 0 Å². The average molecular weight is 405 g/mol. The van der Waals surface area contributed by atoms with Crippen LogP contribution in [0.3, 0.4) is 0 Å². The summed E-state index contributed by atoms with van der Waals surface area (Å²) in [6.07, 6.45) is 0.606. The monoisotopic (exact) mass is 404 g/mol. The van der Waals surface area contributed by atoms with E-state index < -0.39 is 0 Å². The first-order valence-electron chi connectivity index (χ1n) is 8.20. The zero-order valence-corrected chi connectivity index (χ0v) is 16.5. The van der Waals surface area contributed by atoms with Crippen molar-refractivity contribution < 1.29 is 20.4 Å². The van der Waals surface area contributed by atoms with Gasteiger partial charge in [0, 0.05) is 16.4 Å². The number of rotatable bonds is 3. The quantitative estimate of drug-likeness (QED) is 0.372. The van der Waals surface area contributed by atoms with E-state index in [-0.39, 0.29) is 24.7 Å². The van der Waals surface area contributed by atoms with Gasteiger partial charge in [0.1, 0.15) is 11.5 Å². The molecule has 0 unspecified atom stereocenters. The summed E-state index contributed by atoms with van der Waals surface area (Å²) >= 11 is 8.21. The van der Waals surface area contributed by atoms with Crippen LogP contribution >= 0.6 is 25.3 Å². The first-order chi connectivity index (χ1) is 12.9. The highest BCUT2D eigenvalue weighted by Gasteiger charge is 1.91. The molecule has 4 N–H and O–H groups in total. The van der Waals surface area contributed by atoms with E-state index in [1.54, 1.807) is 36.4 Å². The normalized spacial score (nSPS) is 9.48. The molecule has 0 bridgehead atoms. The van der Waals surface area contributed by atoms with Crippen molar-refractivity contribution in [3.8, 4) is 11.5 Å². The maximum atomic E-state index is 8.96. The second-order valence-electron chi connectivity index (χ2n) is 5.49. The Morgan fingerprint density at radius 2 is 1.11 bits per heavy atom. The van der Waals surface area contributed by atoms with E-state index in [1.807, 2.05) is 30.3 Å². The number of aromatic hydroxyl groups is 2. The summed E-state index contributed by atoms with van der Waals surface area (Å²) in [4.78, 5) is 1.91. The molecule has 3 rings (SSSR count). The van der Waals surface area contributed by atoms with E-state index >= 15 is 0 Å². The molecule has 0 spiro atoms. The van der Waals surface area contributed by atoms with Crippen LogP contribution < -0.4 is 0 Å². The molecule has 0 aliphatic carbocycles. The Hall–Kier alpha value is -2.12. The zero-order valence-electron chi connectivity index (χ0n) is 14.7. The van der Waals surface area contributed by atoms with Gasteiger partial charge >= 0.3 is 0 Å². The third kappa shape index (κ3) is 10.6. The van der Waals surface area contributed by atoms with Crippen molar-refractivity contribution in [2.24, 2.45) is 0 Å². The summed E-state index contributed by atoms with van der Waals surface area (Å²) in [7, 11) is 0. The number of hydrogen-bond donors (Lipinski definition) is 6. The lowest BCUT2D eigenvalue weighted by molar-refractivity contribution is 0.281. The lowest BCUT2D eigenvalue weighted by Crippen LogP contribution is -1.88. The molecule has 4 nitrogen and oxygen atoms in total. The SMILES string of the molecule is OCCc1cccc(O)c1.OCc1cccc(O)c1.Sc1cccc(S)c1. The molecule has 6 heteroatoms. The molecule has 0 fully saturated rings. The summed E-state index contributed by atoms with van der Waals surface area (Å²) in [6, 6.07) is 21.1. The number of hydrogen-bond acceptors (Lipinski definition) is 6. The van der Waals surface area contributed by atoms with Crippen LogP contribution in [0.15, 0.2) is 82.6 Å².